The predicted molar refractivity (Wildman–Crippen MR) is 74.3 cm³/mol. The molecule has 22 heavy (non-hydrogen) atoms. The molecule has 2 aromatic heterocycles. The molecule has 0 bridgehead atoms. The topological polar surface area (TPSA) is 109 Å². The minimum absolute atomic E-state index is 0.212. The molecule has 0 radical (unpaired) electrons. The third-order valence-corrected chi connectivity index (χ3v) is 2.93. The molecule has 3 rings (SSSR count). The normalized spacial score (nSPS) is 10.6. The van der Waals surface area contributed by atoms with E-state index in [1.165, 1.54) is 17.1 Å². The smallest absolute Gasteiger partial charge is 0.381 e. The Morgan fingerprint density at radius 3 is 2.73 bits per heavy atom. The van der Waals surface area contributed by atoms with Crippen molar-refractivity contribution in [1.29, 1.82) is 0 Å². The summed E-state index contributed by atoms with van der Waals surface area (Å²) in [6.07, 6.45) is 2.65. The fraction of sp³-hybridized carbons (Fsp3) is 0.154. The first-order valence-electron chi connectivity index (χ1n) is 6.28. The van der Waals surface area contributed by atoms with Crippen LogP contribution in [0.3, 0.4) is 0 Å². The van der Waals surface area contributed by atoms with Gasteiger partial charge in [-0.25, -0.2) is 0 Å². The molecule has 0 saturated heterocycles. The lowest BCUT2D eigenvalue weighted by molar-refractivity contribution is -0.389. The number of hydrogen-bond acceptors (Lipinski definition) is 7. The Hall–Kier alpha value is -3.23. The second kappa shape index (κ2) is 5.64. The Balaban J connectivity index is 1.76. The molecule has 3 aromatic rings. The fourth-order valence-corrected chi connectivity index (χ4v) is 1.85. The van der Waals surface area contributed by atoms with Gasteiger partial charge in [0.25, 0.3) is 0 Å². The molecule has 9 nitrogen and oxygen atoms in total. The predicted octanol–water partition coefficient (Wildman–Crippen LogP) is 1.90. The van der Waals surface area contributed by atoms with E-state index < -0.39 is 4.92 Å². The summed E-state index contributed by atoms with van der Waals surface area (Å²) in [5.41, 5.74) is 0.760. The second-order valence-electron chi connectivity index (χ2n) is 4.39. The Morgan fingerprint density at radius 1 is 1.32 bits per heavy atom. The second-order valence-corrected chi connectivity index (χ2v) is 4.39. The van der Waals surface area contributed by atoms with Crippen LogP contribution in [0.25, 0.3) is 11.5 Å². The van der Waals surface area contributed by atoms with Crippen molar-refractivity contribution in [2.75, 3.05) is 7.11 Å². The van der Waals surface area contributed by atoms with Gasteiger partial charge in [0, 0.05) is 5.56 Å². The molecule has 9 heteroatoms. The van der Waals surface area contributed by atoms with Gasteiger partial charge in [0.15, 0.2) is 0 Å². The van der Waals surface area contributed by atoms with Gasteiger partial charge in [-0.2, -0.15) is 0 Å². The zero-order chi connectivity index (χ0) is 15.5. The third kappa shape index (κ3) is 2.77. The standard InChI is InChI=1S/C13H11N5O4/c1-21-10-4-2-9(3-5-10)13-16-15-12(22-13)7-17-6-11(14-8-17)18(19)20/h2-6,8H,7H2,1H3. The van der Waals surface area contributed by atoms with E-state index in [0.29, 0.717) is 11.8 Å². The number of nitro groups is 1. The first kappa shape index (κ1) is 13.7. The molecule has 0 atom stereocenters. The Labute approximate surface area is 124 Å². The number of ether oxygens (including phenoxy) is 1. The highest BCUT2D eigenvalue weighted by atomic mass is 16.6. The van der Waals surface area contributed by atoms with Gasteiger partial charge in [0.05, 0.1) is 7.11 Å². The van der Waals surface area contributed by atoms with Crippen LogP contribution in [0.15, 0.2) is 41.2 Å². The minimum Gasteiger partial charge on any atom is -0.497 e. The van der Waals surface area contributed by atoms with Gasteiger partial charge >= 0.3 is 5.82 Å². The van der Waals surface area contributed by atoms with Crippen molar-refractivity contribution in [2.45, 2.75) is 6.54 Å². The van der Waals surface area contributed by atoms with Crippen molar-refractivity contribution in [1.82, 2.24) is 19.7 Å². The molecular formula is C13H11N5O4. The lowest BCUT2D eigenvalue weighted by Crippen LogP contribution is -1.96. The monoisotopic (exact) mass is 301 g/mol. The van der Waals surface area contributed by atoms with Crippen molar-refractivity contribution in [3.05, 3.63) is 52.8 Å². The molecule has 0 unspecified atom stereocenters. The van der Waals surface area contributed by atoms with E-state index in [9.17, 15) is 10.1 Å². The lowest BCUT2D eigenvalue weighted by Gasteiger charge is -1.99. The van der Waals surface area contributed by atoms with Crippen molar-refractivity contribution in [3.8, 4) is 17.2 Å². The summed E-state index contributed by atoms with van der Waals surface area (Å²) in [5, 5.41) is 18.4. The van der Waals surface area contributed by atoms with E-state index in [1.807, 2.05) is 0 Å². The van der Waals surface area contributed by atoms with E-state index >= 15 is 0 Å². The van der Waals surface area contributed by atoms with Gasteiger partial charge in [0.1, 0.15) is 18.5 Å². The highest BCUT2D eigenvalue weighted by Gasteiger charge is 2.13. The largest absolute Gasteiger partial charge is 0.497 e. The molecule has 112 valence electrons. The van der Waals surface area contributed by atoms with Crippen LogP contribution in [-0.4, -0.2) is 31.8 Å². The quantitative estimate of drug-likeness (QED) is 0.523. The third-order valence-electron chi connectivity index (χ3n) is 2.93. The van der Waals surface area contributed by atoms with Crippen molar-refractivity contribution in [2.24, 2.45) is 0 Å². The maximum atomic E-state index is 10.6. The van der Waals surface area contributed by atoms with Crippen LogP contribution in [0.1, 0.15) is 5.89 Å². The van der Waals surface area contributed by atoms with Crippen LogP contribution in [-0.2, 0) is 6.54 Å². The van der Waals surface area contributed by atoms with Crippen LogP contribution < -0.4 is 4.74 Å². The van der Waals surface area contributed by atoms with Crippen molar-refractivity contribution < 1.29 is 14.1 Å². The summed E-state index contributed by atoms with van der Waals surface area (Å²) in [6.45, 7) is 0.212. The van der Waals surface area contributed by atoms with Crippen molar-refractivity contribution >= 4 is 5.82 Å². The summed E-state index contributed by atoms with van der Waals surface area (Å²) in [4.78, 5) is 13.7. The molecular weight excluding hydrogens is 290 g/mol. The molecule has 0 aliphatic rings. The van der Waals surface area contributed by atoms with E-state index in [-0.39, 0.29) is 12.4 Å². The lowest BCUT2D eigenvalue weighted by atomic mass is 10.2. The van der Waals surface area contributed by atoms with Crippen LogP contribution in [0, 0.1) is 10.1 Å². The zero-order valence-electron chi connectivity index (χ0n) is 11.5. The van der Waals surface area contributed by atoms with E-state index in [4.69, 9.17) is 9.15 Å². The van der Waals surface area contributed by atoms with Crippen LogP contribution in [0.4, 0.5) is 5.82 Å². The number of imidazole rings is 1. The number of benzene rings is 1. The van der Waals surface area contributed by atoms with E-state index in [2.05, 4.69) is 15.2 Å². The molecule has 0 spiro atoms. The number of methoxy groups -OCH3 is 1. The number of nitrogens with zero attached hydrogens (tertiary/aromatic N) is 5. The Morgan fingerprint density at radius 2 is 2.09 bits per heavy atom. The van der Waals surface area contributed by atoms with Gasteiger partial charge < -0.3 is 23.8 Å². The van der Waals surface area contributed by atoms with Gasteiger partial charge in [-0.1, -0.05) is 0 Å². The minimum atomic E-state index is -0.562. The van der Waals surface area contributed by atoms with Crippen LogP contribution in [0.5, 0.6) is 5.75 Å². The maximum Gasteiger partial charge on any atom is 0.381 e. The average molecular weight is 301 g/mol. The van der Waals surface area contributed by atoms with E-state index in [1.54, 1.807) is 31.4 Å². The summed E-state index contributed by atoms with van der Waals surface area (Å²) >= 11 is 0. The molecule has 0 N–H and O–H groups in total. The van der Waals surface area contributed by atoms with Gasteiger partial charge in [-0.3, -0.25) is 0 Å². The summed E-state index contributed by atoms with van der Waals surface area (Å²) in [7, 11) is 1.59. The number of rotatable bonds is 5. The van der Waals surface area contributed by atoms with Gasteiger partial charge in [0.2, 0.25) is 18.1 Å². The highest BCUT2D eigenvalue weighted by Crippen LogP contribution is 2.21. The SMILES string of the molecule is COc1ccc(-c2nnc(Cn3cnc([N+](=O)[O-])c3)o2)cc1. The maximum absolute atomic E-state index is 10.6. The Kier molecular flexibility index (Phi) is 3.52. The molecule has 2 heterocycles. The number of hydrogen-bond donors (Lipinski definition) is 0. The summed E-state index contributed by atoms with van der Waals surface area (Å²) in [6, 6.07) is 7.19. The molecule has 0 aliphatic heterocycles. The first-order valence-corrected chi connectivity index (χ1v) is 6.28. The fourth-order valence-electron chi connectivity index (χ4n) is 1.85. The van der Waals surface area contributed by atoms with Crippen LogP contribution in [0.2, 0.25) is 0 Å². The number of aromatic nitrogens is 4. The highest BCUT2D eigenvalue weighted by molar-refractivity contribution is 5.53. The molecule has 1 aromatic carbocycles. The van der Waals surface area contributed by atoms with Crippen LogP contribution >= 0.6 is 0 Å². The molecule has 0 saturated carbocycles. The summed E-state index contributed by atoms with van der Waals surface area (Å²) in [5.74, 6) is 1.20. The zero-order valence-corrected chi connectivity index (χ0v) is 11.5. The van der Waals surface area contributed by atoms with Gasteiger partial charge in [-0.05, 0) is 34.2 Å². The summed E-state index contributed by atoms with van der Waals surface area (Å²) < 4.78 is 12.1. The first-order chi connectivity index (χ1) is 10.7. The molecule has 0 fully saturated rings. The van der Waals surface area contributed by atoms with Crippen molar-refractivity contribution in [3.63, 3.8) is 0 Å². The average Bonchev–Trinajstić information content (AvgIpc) is 3.17. The molecule has 0 aliphatic carbocycles. The molecule has 0 amide bonds. The van der Waals surface area contributed by atoms with Gasteiger partial charge in [-0.15, -0.1) is 10.2 Å². The Bertz CT molecular complexity index is 793. The van der Waals surface area contributed by atoms with E-state index in [0.717, 1.165) is 11.3 Å².